The molecule has 2 unspecified atom stereocenters. The van der Waals surface area contributed by atoms with E-state index in [0.717, 1.165) is 36.8 Å². The Kier molecular flexibility index (Phi) is 3.98. The molecule has 3 rings (SSSR count). The van der Waals surface area contributed by atoms with Crippen LogP contribution < -0.4 is 5.32 Å². The van der Waals surface area contributed by atoms with Gasteiger partial charge < -0.3 is 15.3 Å². The number of nitrogens with zero attached hydrogens (tertiary/aromatic N) is 1. The summed E-state index contributed by atoms with van der Waals surface area (Å²) in [4.78, 5) is 14.6. The molecule has 2 atom stereocenters. The molecule has 5 heteroatoms. The van der Waals surface area contributed by atoms with Crippen LogP contribution in [0.25, 0.3) is 0 Å². The predicted octanol–water partition coefficient (Wildman–Crippen LogP) is 2.51. The molecule has 1 aromatic carbocycles. The monoisotopic (exact) mass is 338 g/mol. The number of halogens is 1. The number of likely N-dealkylation sites (tertiary alicyclic amines) is 1. The summed E-state index contributed by atoms with van der Waals surface area (Å²) in [5.74, 6) is 0.000561. The molecule has 20 heavy (non-hydrogen) atoms. The smallest absolute Gasteiger partial charge is 0.257 e. The molecule has 0 aromatic heterocycles. The van der Waals surface area contributed by atoms with Crippen molar-refractivity contribution in [2.45, 2.75) is 37.8 Å². The lowest BCUT2D eigenvalue weighted by molar-refractivity contribution is 0.0708. The first kappa shape index (κ1) is 13.9. The number of phenols is 1. The molecule has 2 aliphatic rings. The summed E-state index contributed by atoms with van der Waals surface area (Å²) in [6.45, 7) is 1.84. The van der Waals surface area contributed by atoms with Crippen LogP contribution in [0.2, 0.25) is 0 Å². The summed E-state index contributed by atoms with van der Waals surface area (Å²) < 4.78 is 0.780. The third kappa shape index (κ3) is 2.56. The van der Waals surface area contributed by atoms with Gasteiger partial charge in [0.1, 0.15) is 5.75 Å². The Labute approximate surface area is 127 Å². The van der Waals surface area contributed by atoms with Gasteiger partial charge in [0, 0.05) is 23.1 Å². The third-order valence-electron chi connectivity index (χ3n) is 4.31. The second kappa shape index (κ2) is 5.74. The van der Waals surface area contributed by atoms with Crippen molar-refractivity contribution in [2.24, 2.45) is 0 Å². The van der Waals surface area contributed by atoms with Gasteiger partial charge in [0.2, 0.25) is 0 Å². The van der Waals surface area contributed by atoms with Gasteiger partial charge in [0.05, 0.1) is 5.56 Å². The van der Waals surface area contributed by atoms with Crippen LogP contribution in [0.3, 0.4) is 0 Å². The van der Waals surface area contributed by atoms with Crippen LogP contribution in [0, 0.1) is 0 Å². The van der Waals surface area contributed by atoms with Crippen LogP contribution in [-0.4, -0.2) is 41.1 Å². The number of hydrogen-bond donors (Lipinski definition) is 2. The Hall–Kier alpha value is -1.07. The SMILES string of the molecule is O=C(c1ccc(Br)cc1O)N1CCCC1C1CCCN1. The number of benzene rings is 1. The fourth-order valence-electron chi connectivity index (χ4n) is 3.34. The number of amides is 1. The zero-order valence-corrected chi connectivity index (χ0v) is 12.9. The molecule has 2 saturated heterocycles. The van der Waals surface area contributed by atoms with Crippen LogP contribution in [-0.2, 0) is 0 Å². The van der Waals surface area contributed by atoms with Crippen molar-refractivity contribution >= 4 is 21.8 Å². The first-order valence-electron chi connectivity index (χ1n) is 7.19. The fraction of sp³-hybridized carbons (Fsp3) is 0.533. The molecule has 4 nitrogen and oxygen atoms in total. The average molecular weight is 339 g/mol. The van der Waals surface area contributed by atoms with Gasteiger partial charge in [0.25, 0.3) is 5.91 Å². The summed E-state index contributed by atoms with van der Waals surface area (Å²) in [6.07, 6.45) is 4.43. The summed E-state index contributed by atoms with van der Waals surface area (Å²) >= 11 is 3.30. The number of hydrogen-bond acceptors (Lipinski definition) is 3. The van der Waals surface area contributed by atoms with Crippen molar-refractivity contribution in [3.05, 3.63) is 28.2 Å². The summed E-state index contributed by atoms with van der Waals surface area (Å²) in [7, 11) is 0. The Morgan fingerprint density at radius 3 is 2.90 bits per heavy atom. The predicted molar refractivity (Wildman–Crippen MR) is 80.9 cm³/mol. The molecule has 2 fully saturated rings. The summed E-state index contributed by atoms with van der Waals surface area (Å²) in [6, 6.07) is 5.75. The van der Waals surface area contributed by atoms with E-state index in [1.165, 1.54) is 6.42 Å². The number of aromatic hydroxyl groups is 1. The Morgan fingerprint density at radius 2 is 2.20 bits per heavy atom. The van der Waals surface area contributed by atoms with Crippen LogP contribution in [0.5, 0.6) is 5.75 Å². The fourth-order valence-corrected chi connectivity index (χ4v) is 3.69. The standard InChI is InChI=1S/C15H19BrN2O2/c16-10-5-6-11(14(19)9-10)15(20)18-8-2-4-13(18)12-3-1-7-17-12/h5-6,9,12-13,17,19H,1-4,7-8H2. The molecule has 0 radical (unpaired) electrons. The topological polar surface area (TPSA) is 52.6 Å². The number of carbonyl (C=O) groups is 1. The lowest BCUT2D eigenvalue weighted by Gasteiger charge is -2.29. The molecule has 0 spiro atoms. The summed E-state index contributed by atoms with van der Waals surface area (Å²) in [5, 5.41) is 13.5. The third-order valence-corrected chi connectivity index (χ3v) is 4.81. The highest BCUT2D eigenvalue weighted by Gasteiger charge is 2.36. The number of rotatable bonds is 2. The highest BCUT2D eigenvalue weighted by molar-refractivity contribution is 9.10. The maximum Gasteiger partial charge on any atom is 0.257 e. The van der Waals surface area contributed by atoms with Gasteiger partial charge in [-0.2, -0.15) is 0 Å². The molecular formula is C15H19BrN2O2. The van der Waals surface area contributed by atoms with Gasteiger partial charge in [0.15, 0.2) is 0 Å². The Balaban J connectivity index is 1.81. The van der Waals surface area contributed by atoms with E-state index >= 15 is 0 Å². The van der Waals surface area contributed by atoms with Crippen molar-refractivity contribution in [3.8, 4) is 5.75 Å². The average Bonchev–Trinajstić information content (AvgIpc) is 3.09. The lowest BCUT2D eigenvalue weighted by atomic mass is 10.0. The molecular weight excluding hydrogens is 320 g/mol. The molecule has 108 valence electrons. The van der Waals surface area contributed by atoms with Crippen molar-refractivity contribution in [1.82, 2.24) is 10.2 Å². The molecule has 1 amide bonds. The minimum absolute atomic E-state index is 0.0498. The van der Waals surface area contributed by atoms with Gasteiger partial charge >= 0.3 is 0 Å². The minimum atomic E-state index is -0.0498. The lowest BCUT2D eigenvalue weighted by Crippen LogP contribution is -2.46. The molecule has 1 aromatic rings. The zero-order chi connectivity index (χ0) is 14.1. The van der Waals surface area contributed by atoms with Crippen molar-refractivity contribution < 1.29 is 9.90 Å². The molecule has 0 saturated carbocycles. The van der Waals surface area contributed by atoms with E-state index in [2.05, 4.69) is 21.2 Å². The highest BCUT2D eigenvalue weighted by atomic mass is 79.9. The molecule has 2 N–H and O–H groups in total. The number of nitrogens with one attached hydrogen (secondary N) is 1. The van der Waals surface area contributed by atoms with Crippen molar-refractivity contribution in [2.75, 3.05) is 13.1 Å². The Bertz CT molecular complexity index is 515. The van der Waals surface area contributed by atoms with Gasteiger partial charge in [-0.05, 0) is 50.4 Å². The normalized spacial score (nSPS) is 26.1. The van der Waals surface area contributed by atoms with E-state index < -0.39 is 0 Å². The van der Waals surface area contributed by atoms with E-state index in [4.69, 9.17) is 0 Å². The van der Waals surface area contributed by atoms with Gasteiger partial charge in [-0.1, -0.05) is 15.9 Å². The molecule has 2 aliphatic heterocycles. The highest BCUT2D eigenvalue weighted by Crippen LogP contribution is 2.29. The van der Waals surface area contributed by atoms with Crippen LogP contribution in [0.15, 0.2) is 22.7 Å². The second-order valence-corrected chi connectivity index (χ2v) is 6.49. The van der Waals surface area contributed by atoms with E-state index in [1.807, 2.05) is 4.90 Å². The first-order valence-corrected chi connectivity index (χ1v) is 7.99. The molecule has 2 heterocycles. The maximum atomic E-state index is 12.7. The van der Waals surface area contributed by atoms with Crippen LogP contribution >= 0.6 is 15.9 Å². The van der Waals surface area contributed by atoms with Gasteiger partial charge in [-0.25, -0.2) is 0 Å². The molecule has 0 bridgehead atoms. The van der Waals surface area contributed by atoms with E-state index in [-0.39, 0.29) is 17.7 Å². The van der Waals surface area contributed by atoms with Gasteiger partial charge in [-0.3, -0.25) is 4.79 Å². The van der Waals surface area contributed by atoms with E-state index in [1.54, 1.807) is 18.2 Å². The second-order valence-electron chi connectivity index (χ2n) is 5.57. The zero-order valence-electron chi connectivity index (χ0n) is 11.3. The summed E-state index contributed by atoms with van der Waals surface area (Å²) in [5.41, 5.74) is 0.401. The minimum Gasteiger partial charge on any atom is -0.507 e. The number of phenolic OH excluding ortho intramolecular Hbond substituents is 1. The molecule has 0 aliphatic carbocycles. The quantitative estimate of drug-likeness (QED) is 0.871. The van der Waals surface area contributed by atoms with Crippen molar-refractivity contribution in [3.63, 3.8) is 0 Å². The maximum absolute atomic E-state index is 12.7. The number of carbonyl (C=O) groups excluding carboxylic acids is 1. The van der Waals surface area contributed by atoms with Crippen molar-refractivity contribution in [1.29, 1.82) is 0 Å². The largest absolute Gasteiger partial charge is 0.507 e. The first-order chi connectivity index (χ1) is 9.66. The Morgan fingerprint density at radius 1 is 1.35 bits per heavy atom. The van der Waals surface area contributed by atoms with Gasteiger partial charge in [-0.15, -0.1) is 0 Å². The van der Waals surface area contributed by atoms with E-state index in [9.17, 15) is 9.90 Å². The van der Waals surface area contributed by atoms with Crippen LogP contribution in [0.4, 0.5) is 0 Å². The van der Waals surface area contributed by atoms with E-state index in [0.29, 0.717) is 11.6 Å². The van der Waals surface area contributed by atoms with Crippen LogP contribution in [0.1, 0.15) is 36.0 Å².